The topological polar surface area (TPSA) is 53.9 Å². The number of methoxy groups -OCH3 is 1. The molecule has 0 bridgehead atoms. The Morgan fingerprint density at radius 2 is 1.96 bits per heavy atom. The maximum Gasteiger partial charge on any atom is 0.146 e. The summed E-state index contributed by atoms with van der Waals surface area (Å²) in [7, 11) is 1.61. The van der Waals surface area contributed by atoms with Gasteiger partial charge in [-0.2, -0.15) is 0 Å². The van der Waals surface area contributed by atoms with Gasteiger partial charge in [0, 0.05) is 17.5 Å². The molecule has 0 aromatic heterocycles. The molecule has 1 fully saturated rings. The molecular weight excluding hydrogens is 334 g/mol. The highest BCUT2D eigenvalue weighted by atomic mass is 35.5. The van der Waals surface area contributed by atoms with E-state index in [0.29, 0.717) is 5.02 Å². The molecule has 1 atom stereocenters. The molecule has 2 rings (SSSR count). The van der Waals surface area contributed by atoms with Gasteiger partial charge >= 0.3 is 0 Å². The van der Waals surface area contributed by atoms with Crippen molar-refractivity contribution >= 4 is 29.2 Å². The summed E-state index contributed by atoms with van der Waals surface area (Å²) < 4.78 is 26.8. The fourth-order valence-corrected chi connectivity index (χ4v) is 3.28. The van der Waals surface area contributed by atoms with Gasteiger partial charge < -0.3 is 14.0 Å². The second-order valence-electron chi connectivity index (χ2n) is 6.86. The summed E-state index contributed by atoms with van der Waals surface area (Å²) in [5.74, 6) is 0. The summed E-state index contributed by atoms with van der Waals surface area (Å²) in [6, 6.07) is 7.74. The number of rotatable bonds is 6. The van der Waals surface area contributed by atoms with E-state index in [2.05, 4.69) is 4.40 Å². The minimum absolute atomic E-state index is 0.125. The average molecular weight is 358 g/mol. The first-order valence-electron chi connectivity index (χ1n) is 7.61. The monoisotopic (exact) mass is 357 g/mol. The highest BCUT2D eigenvalue weighted by Gasteiger charge is 2.46. The van der Waals surface area contributed by atoms with E-state index in [4.69, 9.17) is 21.1 Å². The fraction of sp³-hybridized carbons (Fsp3) is 0.588. The van der Waals surface area contributed by atoms with Crippen LogP contribution in [0.3, 0.4) is 0 Å². The van der Waals surface area contributed by atoms with E-state index >= 15 is 0 Å². The van der Waals surface area contributed by atoms with Crippen LogP contribution in [-0.4, -0.2) is 35.5 Å². The highest BCUT2D eigenvalue weighted by molar-refractivity contribution is 7.91. The summed E-state index contributed by atoms with van der Waals surface area (Å²) >= 11 is 4.72. The van der Waals surface area contributed by atoms with Gasteiger partial charge in [0.2, 0.25) is 0 Å². The summed E-state index contributed by atoms with van der Waals surface area (Å²) in [6.07, 6.45) is 3.55. The number of hydrogen-bond donors (Lipinski definition) is 0. The van der Waals surface area contributed by atoms with Crippen molar-refractivity contribution in [2.24, 2.45) is 4.40 Å². The van der Waals surface area contributed by atoms with E-state index in [0.717, 1.165) is 18.4 Å². The third kappa shape index (κ3) is 4.70. The van der Waals surface area contributed by atoms with Gasteiger partial charge in [0.15, 0.2) is 0 Å². The second kappa shape index (κ2) is 7.53. The molecule has 0 saturated heterocycles. The van der Waals surface area contributed by atoms with Gasteiger partial charge in [-0.3, -0.25) is 0 Å². The molecule has 0 amide bonds. The normalized spacial score (nSPS) is 26.3. The van der Waals surface area contributed by atoms with Crippen LogP contribution in [0.15, 0.2) is 28.7 Å². The lowest BCUT2D eigenvalue weighted by Crippen LogP contribution is -2.47. The molecule has 0 N–H and O–H groups in total. The standard InChI is InChI=1S/C17H24ClNO3S/c1-16(2,3)23(20)19-11-17(9-15(10-17)22-12-21-4)13-5-7-14(18)8-6-13/h5-8,11,15H,9-10,12H2,1-4H3/t15-,17+,23-/m1/s1. The Hall–Kier alpha value is -0.590. The molecule has 0 aliphatic heterocycles. The maximum absolute atomic E-state index is 12.2. The molecule has 6 heteroatoms. The molecule has 1 saturated carbocycles. The molecule has 1 aromatic carbocycles. The zero-order valence-electron chi connectivity index (χ0n) is 14.0. The van der Waals surface area contributed by atoms with Crippen molar-refractivity contribution < 1.29 is 14.0 Å². The molecule has 0 heterocycles. The summed E-state index contributed by atoms with van der Waals surface area (Å²) in [4.78, 5) is 0. The third-order valence-corrected chi connectivity index (χ3v) is 5.54. The molecule has 1 aliphatic rings. The number of hydrogen-bond acceptors (Lipinski definition) is 4. The largest absolute Gasteiger partial charge is 0.591 e. The zero-order valence-corrected chi connectivity index (χ0v) is 15.6. The number of benzene rings is 1. The smallest absolute Gasteiger partial charge is 0.146 e. The minimum Gasteiger partial charge on any atom is -0.591 e. The van der Waals surface area contributed by atoms with Gasteiger partial charge in [-0.1, -0.05) is 28.1 Å². The van der Waals surface area contributed by atoms with E-state index < -0.39 is 11.4 Å². The quantitative estimate of drug-likeness (QED) is 0.441. The van der Waals surface area contributed by atoms with Gasteiger partial charge in [0.05, 0.1) is 12.3 Å². The van der Waals surface area contributed by atoms with Crippen molar-refractivity contribution in [2.75, 3.05) is 13.9 Å². The molecule has 1 aliphatic carbocycles. The SMILES string of the molecule is COCO[C@H]1C[C@@](C=N[S@+]([O-])C(C)(C)C)(c2ccc(Cl)cc2)C1. The van der Waals surface area contributed by atoms with Crippen LogP contribution in [0.4, 0.5) is 0 Å². The molecule has 128 valence electrons. The number of ether oxygens (including phenoxy) is 2. The Balaban J connectivity index is 2.17. The van der Waals surface area contributed by atoms with Gasteiger partial charge in [-0.25, -0.2) is 0 Å². The predicted molar refractivity (Wildman–Crippen MR) is 95.5 cm³/mol. The Morgan fingerprint density at radius 3 is 2.48 bits per heavy atom. The Labute approximate surface area is 146 Å². The van der Waals surface area contributed by atoms with Crippen LogP contribution in [-0.2, 0) is 26.3 Å². The third-order valence-electron chi connectivity index (χ3n) is 3.94. The Kier molecular flexibility index (Phi) is 6.14. The Bertz CT molecular complexity index is 536. The van der Waals surface area contributed by atoms with Gasteiger partial charge in [-0.15, -0.1) is 0 Å². The fourth-order valence-electron chi connectivity index (χ4n) is 2.54. The highest BCUT2D eigenvalue weighted by Crippen LogP contribution is 2.44. The molecule has 0 spiro atoms. The van der Waals surface area contributed by atoms with Crippen molar-refractivity contribution in [1.82, 2.24) is 0 Å². The van der Waals surface area contributed by atoms with E-state index in [9.17, 15) is 4.55 Å². The first kappa shape index (κ1) is 18.7. The van der Waals surface area contributed by atoms with E-state index in [1.54, 1.807) is 7.11 Å². The van der Waals surface area contributed by atoms with E-state index in [1.807, 2.05) is 51.3 Å². The van der Waals surface area contributed by atoms with Crippen molar-refractivity contribution in [2.45, 2.75) is 49.9 Å². The Morgan fingerprint density at radius 1 is 1.35 bits per heavy atom. The van der Waals surface area contributed by atoms with Crippen molar-refractivity contribution in [3.05, 3.63) is 34.9 Å². The van der Waals surface area contributed by atoms with Crippen LogP contribution < -0.4 is 0 Å². The van der Waals surface area contributed by atoms with E-state index in [1.165, 1.54) is 0 Å². The summed E-state index contributed by atoms with van der Waals surface area (Å²) in [5.41, 5.74) is 0.873. The summed E-state index contributed by atoms with van der Waals surface area (Å²) in [5, 5.41) is 0.700. The predicted octanol–water partition coefficient (Wildman–Crippen LogP) is 3.89. The van der Waals surface area contributed by atoms with Crippen LogP contribution in [0.25, 0.3) is 0 Å². The molecule has 1 aromatic rings. The van der Waals surface area contributed by atoms with E-state index in [-0.39, 0.29) is 23.1 Å². The molecule has 0 unspecified atom stereocenters. The minimum atomic E-state index is -1.27. The number of nitrogens with zero attached hydrogens (tertiary/aromatic N) is 1. The van der Waals surface area contributed by atoms with Crippen LogP contribution in [0, 0.1) is 0 Å². The molecule has 0 radical (unpaired) electrons. The lowest BCUT2D eigenvalue weighted by atomic mass is 9.63. The second-order valence-corrected chi connectivity index (χ2v) is 9.23. The van der Waals surface area contributed by atoms with Crippen LogP contribution in [0.1, 0.15) is 39.2 Å². The van der Waals surface area contributed by atoms with Crippen molar-refractivity contribution in [1.29, 1.82) is 0 Å². The maximum atomic E-state index is 12.2. The number of halogens is 1. The molecular formula is C17H24ClNO3S. The van der Waals surface area contributed by atoms with Gasteiger partial charge in [0.1, 0.15) is 22.9 Å². The van der Waals surface area contributed by atoms with Crippen LogP contribution in [0.2, 0.25) is 5.02 Å². The van der Waals surface area contributed by atoms with Crippen molar-refractivity contribution in [3.8, 4) is 0 Å². The van der Waals surface area contributed by atoms with Crippen molar-refractivity contribution in [3.63, 3.8) is 0 Å². The lowest BCUT2D eigenvalue weighted by molar-refractivity contribution is -0.110. The average Bonchev–Trinajstić information content (AvgIpc) is 2.45. The van der Waals surface area contributed by atoms with Gasteiger partial charge in [0.25, 0.3) is 0 Å². The zero-order chi connectivity index (χ0) is 17.1. The first-order chi connectivity index (χ1) is 10.8. The van der Waals surface area contributed by atoms with Crippen LogP contribution in [0.5, 0.6) is 0 Å². The molecule has 23 heavy (non-hydrogen) atoms. The van der Waals surface area contributed by atoms with Crippen LogP contribution >= 0.6 is 11.6 Å². The van der Waals surface area contributed by atoms with Gasteiger partial charge in [-0.05, 0) is 51.3 Å². The lowest BCUT2D eigenvalue weighted by Gasteiger charge is -2.44. The first-order valence-corrected chi connectivity index (χ1v) is 9.09. The summed E-state index contributed by atoms with van der Waals surface area (Å²) in [6.45, 7) is 6.04. The molecule has 4 nitrogen and oxygen atoms in total.